The SMILES string of the molecule is CCCC1(COC)CC(O)c2cc(S(N)(=O)=O)sc2S1(=O)=O. The van der Waals surface area contributed by atoms with Crippen LogP contribution in [0.1, 0.15) is 37.9 Å². The maximum atomic E-state index is 13.0. The first-order valence-corrected chi connectivity index (χ1v) is 10.5. The molecule has 0 saturated heterocycles. The maximum absolute atomic E-state index is 13.0. The van der Waals surface area contributed by atoms with Crippen LogP contribution in [-0.4, -0.2) is 40.4 Å². The van der Waals surface area contributed by atoms with E-state index < -0.39 is 30.7 Å². The van der Waals surface area contributed by atoms with E-state index in [2.05, 4.69) is 0 Å². The monoisotopic (exact) mass is 369 g/mol. The molecular formula is C12H19NO6S3. The molecule has 1 aromatic heterocycles. The Morgan fingerprint density at radius 1 is 1.55 bits per heavy atom. The van der Waals surface area contributed by atoms with Crippen molar-refractivity contribution >= 4 is 31.2 Å². The molecule has 1 aromatic rings. The summed E-state index contributed by atoms with van der Waals surface area (Å²) in [6.07, 6.45) is -0.169. The molecule has 0 bridgehead atoms. The van der Waals surface area contributed by atoms with Crippen LogP contribution in [0.15, 0.2) is 14.5 Å². The first-order chi connectivity index (χ1) is 10.1. The largest absolute Gasteiger partial charge is 0.388 e. The predicted octanol–water partition coefficient (Wildman–Crippen LogP) is 0.792. The summed E-state index contributed by atoms with van der Waals surface area (Å²) in [7, 11) is -6.45. The van der Waals surface area contributed by atoms with Gasteiger partial charge in [0.2, 0.25) is 10.0 Å². The van der Waals surface area contributed by atoms with Gasteiger partial charge >= 0.3 is 0 Å². The number of aliphatic hydroxyl groups is 1. The second-order valence-electron chi connectivity index (χ2n) is 5.44. The first kappa shape index (κ1) is 17.8. The van der Waals surface area contributed by atoms with E-state index in [1.807, 2.05) is 6.92 Å². The Bertz CT molecular complexity index is 759. The lowest BCUT2D eigenvalue weighted by molar-refractivity contribution is 0.0960. The van der Waals surface area contributed by atoms with Gasteiger partial charge < -0.3 is 9.84 Å². The summed E-state index contributed by atoms with van der Waals surface area (Å²) in [6, 6.07) is 1.15. The molecule has 2 rings (SSSR count). The number of rotatable bonds is 5. The Morgan fingerprint density at radius 3 is 2.68 bits per heavy atom. The summed E-state index contributed by atoms with van der Waals surface area (Å²) >= 11 is 0.590. The molecule has 1 aliphatic heterocycles. The quantitative estimate of drug-likeness (QED) is 0.791. The van der Waals surface area contributed by atoms with E-state index in [1.165, 1.54) is 7.11 Å². The Balaban J connectivity index is 2.68. The number of fused-ring (bicyclic) bond motifs is 1. The smallest absolute Gasteiger partial charge is 0.247 e. The first-order valence-electron chi connectivity index (χ1n) is 6.67. The number of hydrogen-bond donors (Lipinski definition) is 2. The van der Waals surface area contributed by atoms with Gasteiger partial charge in [0, 0.05) is 12.7 Å². The van der Waals surface area contributed by atoms with Crippen molar-refractivity contribution in [2.24, 2.45) is 5.14 Å². The highest BCUT2D eigenvalue weighted by Crippen LogP contribution is 2.49. The summed E-state index contributed by atoms with van der Waals surface area (Å²) in [5, 5.41) is 15.4. The third-order valence-corrected chi connectivity index (χ3v) is 9.46. The molecule has 126 valence electrons. The Hall–Kier alpha value is -0.520. The topological polar surface area (TPSA) is 124 Å². The van der Waals surface area contributed by atoms with E-state index in [-0.39, 0.29) is 27.0 Å². The standard InChI is InChI=1S/C12H19NO6S3/c1-3-4-12(7-19-2)6-9(14)8-5-10(22(13,17)18)20-11(8)21(12,15)16/h5,9,14H,3-4,6-7H2,1-2H3,(H2,13,17,18). The zero-order chi connectivity index (χ0) is 16.8. The van der Waals surface area contributed by atoms with E-state index in [1.54, 1.807) is 0 Å². The van der Waals surface area contributed by atoms with E-state index in [0.717, 1.165) is 6.07 Å². The molecule has 0 saturated carbocycles. The molecule has 0 amide bonds. The van der Waals surface area contributed by atoms with Crippen LogP contribution in [0.25, 0.3) is 0 Å². The average Bonchev–Trinajstić information content (AvgIpc) is 2.83. The Labute approximate surface area is 134 Å². The highest BCUT2D eigenvalue weighted by atomic mass is 32.3. The van der Waals surface area contributed by atoms with Gasteiger partial charge in [0.05, 0.1) is 12.7 Å². The van der Waals surface area contributed by atoms with Crippen LogP contribution in [0.3, 0.4) is 0 Å². The molecule has 2 heterocycles. The van der Waals surface area contributed by atoms with Gasteiger partial charge in [0.1, 0.15) is 13.2 Å². The van der Waals surface area contributed by atoms with Gasteiger partial charge in [-0.05, 0) is 18.9 Å². The lowest BCUT2D eigenvalue weighted by Gasteiger charge is -2.37. The summed E-state index contributed by atoms with van der Waals surface area (Å²) in [5.41, 5.74) is 0.108. The van der Waals surface area contributed by atoms with E-state index in [0.29, 0.717) is 24.2 Å². The molecule has 0 aromatic carbocycles. The number of nitrogens with two attached hydrogens (primary N) is 1. The van der Waals surface area contributed by atoms with Gasteiger partial charge in [-0.1, -0.05) is 13.3 Å². The van der Waals surface area contributed by atoms with Gasteiger partial charge in [-0.2, -0.15) is 0 Å². The van der Waals surface area contributed by atoms with Crippen molar-refractivity contribution in [1.82, 2.24) is 0 Å². The van der Waals surface area contributed by atoms with Crippen molar-refractivity contribution in [2.45, 2.75) is 45.5 Å². The highest BCUT2D eigenvalue weighted by molar-refractivity contribution is 7.96. The number of sulfonamides is 1. The van der Waals surface area contributed by atoms with Gasteiger partial charge in [-0.25, -0.2) is 22.0 Å². The molecule has 2 unspecified atom stereocenters. The fraction of sp³-hybridized carbons (Fsp3) is 0.667. The summed E-state index contributed by atoms with van der Waals surface area (Å²) in [5.74, 6) is 0. The van der Waals surface area contributed by atoms with Gasteiger partial charge in [-0.3, -0.25) is 0 Å². The summed E-state index contributed by atoms with van der Waals surface area (Å²) in [4.78, 5) is 0. The number of methoxy groups -OCH3 is 1. The molecule has 22 heavy (non-hydrogen) atoms. The molecule has 10 heteroatoms. The number of sulfone groups is 1. The van der Waals surface area contributed by atoms with E-state index >= 15 is 0 Å². The second kappa shape index (κ2) is 5.84. The Kier molecular flexibility index (Phi) is 4.73. The molecule has 0 fully saturated rings. The van der Waals surface area contributed by atoms with Crippen LogP contribution >= 0.6 is 11.3 Å². The van der Waals surface area contributed by atoms with Crippen LogP contribution in [0.4, 0.5) is 0 Å². The number of thiophene rings is 1. The fourth-order valence-electron chi connectivity index (χ4n) is 2.88. The number of hydrogen-bond acceptors (Lipinski definition) is 7. The fourth-order valence-corrected chi connectivity index (χ4v) is 7.99. The lowest BCUT2D eigenvalue weighted by atomic mass is 9.93. The third-order valence-electron chi connectivity index (χ3n) is 3.83. The van der Waals surface area contributed by atoms with Crippen LogP contribution in [0.2, 0.25) is 0 Å². The van der Waals surface area contributed by atoms with Crippen molar-refractivity contribution in [2.75, 3.05) is 13.7 Å². The minimum Gasteiger partial charge on any atom is -0.388 e. The van der Waals surface area contributed by atoms with E-state index in [9.17, 15) is 21.9 Å². The molecule has 7 nitrogen and oxygen atoms in total. The average molecular weight is 369 g/mol. The zero-order valence-corrected chi connectivity index (χ0v) is 14.7. The highest BCUT2D eigenvalue weighted by Gasteiger charge is 2.52. The van der Waals surface area contributed by atoms with Gasteiger partial charge in [0.15, 0.2) is 9.84 Å². The van der Waals surface area contributed by atoms with Crippen LogP contribution in [0.5, 0.6) is 0 Å². The number of aliphatic hydroxyl groups excluding tert-OH is 1. The Morgan fingerprint density at radius 2 is 2.18 bits per heavy atom. The molecule has 2 atom stereocenters. The van der Waals surface area contributed by atoms with Gasteiger partial charge in [0.25, 0.3) is 0 Å². The predicted molar refractivity (Wildman–Crippen MR) is 82.0 cm³/mol. The molecule has 0 radical (unpaired) electrons. The lowest BCUT2D eigenvalue weighted by Crippen LogP contribution is -2.46. The van der Waals surface area contributed by atoms with Crippen molar-refractivity contribution in [3.63, 3.8) is 0 Å². The molecule has 3 N–H and O–H groups in total. The van der Waals surface area contributed by atoms with Crippen molar-refractivity contribution in [3.8, 4) is 0 Å². The maximum Gasteiger partial charge on any atom is 0.247 e. The molecular weight excluding hydrogens is 350 g/mol. The molecule has 0 spiro atoms. The summed E-state index contributed by atoms with van der Waals surface area (Å²) < 4.78 is 52.3. The third kappa shape index (κ3) is 2.72. The zero-order valence-electron chi connectivity index (χ0n) is 12.3. The normalized spacial score (nSPS) is 27.5. The summed E-state index contributed by atoms with van der Waals surface area (Å²) in [6.45, 7) is 1.79. The minimum absolute atomic E-state index is 0.0230. The van der Waals surface area contributed by atoms with Crippen LogP contribution in [0, 0.1) is 0 Å². The van der Waals surface area contributed by atoms with Crippen molar-refractivity contribution in [1.29, 1.82) is 0 Å². The van der Waals surface area contributed by atoms with Crippen molar-refractivity contribution in [3.05, 3.63) is 11.6 Å². The molecule has 1 aliphatic rings. The van der Waals surface area contributed by atoms with Crippen molar-refractivity contribution < 1.29 is 26.7 Å². The van der Waals surface area contributed by atoms with E-state index in [4.69, 9.17) is 9.88 Å². The van der Waals surface area contributed by atoms with Gasteiger partial charge in [-0.15, -0.1) is 11.3 Å². The van der Waals surface area contributed by atoms with Crippen LogP contribution in [-0.2, 0) is 24.6 Å². The number of primary sulfonamides is 1. The molecule has 0 aliphatic carbocycles. The second-order valence-corrected chi connectivity index (χ2v) is 10.8. The minimum atomic E-state index is -4.02. The number of ether oxygens (including phenoxy) is 1. The van der Waals surface area contributed by atoms with Crippen LogP contribution < -0.4 is 5.14 Å².